The molecule has 1 aliphatic heterocycles. The van der Waals surface area contributed by atoms with Gasteiger partial charge < -0.3 is 9.47 Å². The van der Waals surface area contributed by atoms with E-state index in [0.29, 0.717) is 6.10 Å². The number of hydrogen-bond donors (Lipinski definition) is 0. The summed E-state index contributed by atoms with van der Waals surface area (Å²) in [6, 6.07) is 2.98. The van der Waals surface area contributed by atoms with Crippen molar-refractivity contribution < 1.29 is 9.47 Å². The average Bonchev–Trinajstić information content (AvgIpc) is 2.87. The predicted octanol–water partition coefficient (Wildman–Crippen LogP) is -0.0990. The van der Waals surface area contributed by atoms with Crippen molar-refractivity contribution in [2.75, 3.05) is 19.8 Å². The molecule has 12 heavy (non-hydrogen) atoms. The molecular weight excluding hydrogens is 184 g/mol. The number of ether oxygens (including phenoxy) is 2. The van der Waals surface area contributed by atoms with E-state index in [2.05, 4.69) is 6.92 Å². The minimum absolute atomic E-state index is 0.205. The SMILES string of the molecule is CC[SiH]([SiH3])CCCOCC1CO1. The van der Waals surface area contributed by atoms with Gasteiger partial charge in [0.1, 0.15) is 6.10 Å². The highest BCUT2D eigenvalue weighted by Crippen LogP contribution is 2.09. The van der Waals surface area contributed by atoms with Gasteiger partial charge in [-0.25, -0.2) is 0 Å². The van der Waals surface area contributed by atoms with Crippen molar-refractivity contribution in [3.8, 4) is 0 Å². The van der Waals surface area contributed by atoms with Crippen LogP contribution in [0.2, 0.25) is 12.1 Å². The lowest BCUT2D eigenvalue weighted by atomic mass is 10.5. The quantitative estimate of drug-likeness (QED) is 0.328. The molecule has 1 rings (SSSR count). The number of hydrogen-bond acceptors (Lipinski definition) is 2. The summed E-state index contributed by atoms with van der Waals surface area (Å²) in [5.74, 6) is 0. The van der Waals surface area contributed by atoms with Crippen molar-refractivity contribution in [3.63, 3.8) is 0 Å². The Kier molecular flexibility index (Phi) is 5.14. The second-order valence-electron chi connectivity index (χ2n) is 3.69. The molecule has 1 saturated heterocycles. The first kappa shape index (κ1) is 10.4. The largest absolute Gasteiger partial charge is 0.379 e. The van der Waals surface area contributed by atoms with Crippen LogP contribution in [0.25, 0.3) is 0 Å². The smallest absolute Gasteiger partial charge is 0.104 e. The number of epoxide rings is 1. The van der Waals surface area contributed by atoms with E-state index in [1.807, 2.05) is 0 Å². The van der Waals surface area contributed by atoms with Crippen LogP contribution in [0.15, 0.2) is 0 Å². The van der Waals surface area contributed by atoms with Crippen molar-refractivity contribution >= 4 is 18.1 Å². The van der Waals surface area contributed by atoms with Gasteiger partial charge in [0.15, 0.2) is 0 Å². The first-order valence-electron chi connectivity index (χ1n) is 5.02. The Morgan fingerprint density at radius 2 is 2.42 bits per heavy atom. The molecular formula is C8H20O2Si2. The van der Waals surface area contributed by atoms with Gasteiger partial charge in [0, 0.05) is 14.9 Å². The molecule has 2 atom stereocenters. The lowest BCUT2D eigenvalue weighted by Gasteiger charge is -2.06. The van der Waals surface area contributed by atoms with Gasteiger partial charge in [-0.05, 0) is 16.2 Å². The molecule has 0 saturated carbocycles. The van der Waals surface area contributed by atoms with Gasteiger partial charge in [-0.3, -0.25) is 0 Å². The number of rotatable bonds is 7. The van der Waals surface area contributed by atoms with Crippen molar-refractivity contribution in [3.05, 3.63) is 0 Å². The van der Waals surface area contributed by atoms with E-state index in [-0.39, 0.29) is 8.31 Å². The third kappa shape index (κ3) is 5.08. The van der Waals surface area contributed by atoms with Crippen LogP contribution in [0.5, 0.6) is 0 Å². The molecule has 4 heteroatoms. The molecule has 0 bridgehead atoms. The zero-order chi connectivity index (χ0) is 8.81. The zero-order valence-corrected chi connectivity index (χ0v) is 11.4. The van der Waals surface area contributed by atoms with Crippen LogP contribution in [-0.4, -0.2) is 44.0 Å². The Balaban J connectivity index is 1.75. The van der Waals surface area contributed by atoms with Gasteiger partial charge in [0.2, 0.25) is 0 Å². The molecule has 1 fully saturated rings. The highest BCUT2D eigenvalue weighted by molar-refractivity contribution is 7.03. The summed E-state index contributed by atoms with van der Waals surface area (Å²) in [7, 11) is 1.27. The Bertz CT molecular complexity index is 118. The first-order chi connectivity index (χ1) is 5.83. The van der Waals surface area contributed by atoms with Crippen molar-refractivity contribution in [1.82, 2.24) is 0 Å². The minimum Gasteiger partial charge on any atom is -0.379 e. The molecule has 0 aliphatic carbocycles. The monoisotopic (exact) mass is 204 g/mol. The van der Waals surface area contributed by atoms with Crippen LogP contribution in [0, 0.1) is 0 Å². The third-order valence-electron chi connectivity index (χ3n) is 2.39. The van der Waals surface area contributed by atoms with Crippen molar-refractivity contribution in [2.24, 2.45) is 0 Å². The molecule has 0 N–H and O–H groups in total. The summed E-state index contributed by atoms with van der Waals surface area (Å²) >= 11 is 0. The molecule has 0 aromatic heterocycles. The Morgan fingerprint density at radius 3 is 3.00 bits per heavy atom. The summed E-state index contributed by atoms with van der Waals surface area (Å²) in [4.78, 5) is 0. The molecule has 2 nitrogen and oxygen atoms in total. The van der Waals surface area contributed by atoms with Gasteiger partial charge in [-0.15, -0.1) is 0 Å². The summed E-state index contributed by atoms with van der Waals surface area (Å²) in [5.41, 5.74) is 0. The van der Waals surface area contributed by atoms with Gasteiger partial charge in [0.05, 0.1) is 13.2 Å². The van der Waals surface area contributed by atoms with E-state index < -0.39 is 0 Å². The molecule has 1 aliphatic rings. The van der Waals surface area contributed by atoms with Gasteiger partial charge >= 0.3 is 0 Å². The molecule has 72 valence electrons. The molecule has 0 amide bonds. The molecule has 0 radical (unpaired) electrons. The Labute approximate surface area is 79.5 Å². The topological polar surface area (TPSA) is 21.8 Å². The highest BCUT2D eigenvalue weighted by atomic mass is 29.1. The molecule has 0 spiro atoms. The maximum atomic E-state index is 5.47. The molecule has 1 heterocycles. The Hall–Kier alpha value is 0.354. The standard InChI is InChI=1S/C8H20O2Si2/c1-2-12(11)5-3-4-9-6-8-7-10-8/h8,12H,2-7H2,1,11H3. The molecule has 2 unspecified atom stereocenters. The van der Waals surface area contributed by atoms with Crippen molar-refractivity contribution in [2.45, 2.75) is 31.5 Å². The van der Waals surface area contributed by atoms with Crippen LogP contribution in [-0.2, 0) is 9.47 Å². The lowest BCUT2D eigenvalue weighted by Crippen LogP contribution is -2.12. The summed E-state index contributed by atoms with van der Waals surface area (Å²) in [5, 5.41) is 0. The molecule has 0 aromatic carbocycles. The third-order valence-corrected chi connectivity index (χ3v) is 9.36. The summed E-state index contributed by atoms with van der Waals surface area (Å²) in [6.07, 6.45) is 1.74. The van der Waals surface area contributed by atoms with Gasteiger partial charge in [-0.1, -0.05) is 19.0 Å². The first-order valence-corrected chi connectivity index (χ1v) is 11.3. The maximum absolute atomic E-state index is 5.47. The fourth-order valence-electron chi connectivity index (χ4n) is 1.12. The van der Waals surface area contributed by atoms with Crippen LogP contribution in [0.3, 0.4) is 0 Å². The fraction of sp³-hybridized carbons (Fsp3) is 1.00. The molecule has 0 aromatic rings. The minimum atomic E-state index is -0.205. The van der Waals surface area contributed by atoms with Crippen LogP contribution in [0.4, 0.5) is 0 Å². The van der Waals surface area contributed by atoms with E-state index in [9.17, 15) is 0 Å². The predicted molar refractivity (Wildman–Crippen MR) is 57.6 cm³/mol. The van der Waals surface area contributed by atoms with Gasteiger partial charge in [0.25, 0.3) is 0 Å². The van der Waals surface area contributed by atoms with Crippen LogP contribution in [0.1, 0.15) is 13.3 Å². The second-order valence-corrected chi connectivity index (χ2v) is 12.2. The highest BCUT2D eigenvalue weighted by Gasteiger charge is 2.21. The van der Waals surface area contributed by atoms with Crippen LogP contribution >= 0.6 is 0 Å². The van der Waals surface area contributed by atoms with E-state index in [1.165, 1.54) is 28.3 Å². The maximum Gasteiger partial charge on any atom is 0.104 e. The summed E-state index contributed by atoms with van der Waals surface area (Å²) < 4.78 is 10.5. The van der Waals surface area contributed by atoms with Gasteiger partial charge in [-0.2, -0.15) is 0 Å². The zero-order valence-electron chi connectivity index (χ0n) is 8.21. The Morgan fingerprint density at radius 1 is 1.67 bits per heavy atom. The van der Waals surface area contributed by atoms with E-state index in [0.717, 1.165) is 19.8 Å². The normalized spacial score (nSPS) is 24.2. The fourth-order valence-corrected chi connectivity index (χ4v) is 3.61. The van der Waals surface area contributed by atoms with E-state index in [4.69, 9.17) is 9.47 Å². The second kappa shape index (κ2) is 5.91. The lowest BCUT2D eigenvalue weighted by molar-refractivity contribution is 0.117. The van der Waals surface area contributed by atoms with Crippen LogP contribution < -0.4 is 0 Å². The van der Waals surface area contributed by atoms with E-state index >= 15 is 0 Å². The average molecular weight is 204 g/mol. The summed E-state index contributed by atoms with van der Waals surface area (Å²) in [6.45, 7) is 5.06. The van der Waals surface area contributed by atoms with E-state index in [1.54, 1.807) is 0 Å². The van der Waals surface area contributed by atoms with Crippen molar-refractivity contribution in [1.29, 1.82) is 0 Å².